The predicted molar refractivity (Wildman–Crippen MR) is 141 cm³/mol. The van der Waals surface area contributed by atoms with Crippen molar-refractivity contribution in [3.63, 3.8) is 0 Å². The molecule has 4 heterocycles. The van der Waals surface area contributed by atoms with Crippen LogP contribution in [0.4, 0.5) is 15.9 Å². The maximum atomic E-state index is 13.4. The van der Waals surface area contributed by atoms with E-state index < -0.39 is 0 Å². The number of rotatable bonds is 7. The monoisotopic (exact) mass is 533 g/mol. The van der Waals surface area contributed by atoms with Crippen LogP contribution in [0, 0.1) is 5.82 Å². The lowest BCUT2D eigenvalue weighted by Gasteiger charge is -2.13. The first-order valence-corrected chi connectivity index (χ1v) is 13.2. The van der Waals surface area contributed by atoms with Crippen molar-refractivity contribution in [2.24, 2.45) is 0 Å². The van der Waals surface area contributed by atoms with Crippen LogP contribution in [0.15, 0.2) is 55.0 Å². The molecule has 7 nitrogen and oxygen atoms in total. The summed E-state index contributed by atoms with van der Waals surface area (Å²) in [5.41, 5.74) is 5.08. The highest BCUT2D eigenvalue weighted by molar-refractivity contribution is 7.22. The van der Waals surface area contributed by atoms with Gasteiger partial charge in [-0.15, -0.1) is 11.3 Å². The molecule has 5 aromatic rings. The predicted octanol–water partition coefficient (Wildman–Crippen LogP) is 6.17. The summed E-state index contributed by atoms with van der Waals surface area (Å²) < 4.78 is 26.6. The number of nitrogens with zero attached hydrogens (tertiary/aromatic N) is 4. The minimum absolute atomic E-state index is 0.226. The van der Waals surface area contributed by atoms with E-state index in [2.05, 4.69) is 21.5 Å². The summed E-state index contributed by atoms with van der Waals surface area (Å²) in [6, 6.07) is 11.8. The number of aromatic nitrogens is 4. The molecule has 1 aliphatic heterocycles. The van der Waals surface area contributed by atoms with Gasteiger partial charge in [0.05, 0.1) is 29.3 Å². The highest BCUT2D eigenvalue weighted by Gasteiger charge is 2.28. The van der Waals surface area contributed by atoms with Crippen LogP contribution in [0.1, 0.15) is 16.8 Å². The second-order valence-corrected chi connectivity index (χ2v) is 10.6. The van der Waals surface area contributed by atoms with Crippen LogP contribution in [-0.2, 0) is 30.7 Å². The van der Waals surface area contributed by atoms with Crippen LogP contribution < -0.4 is 10.1 Å². The molecule has 0 spiro atoms. The Hall–Kier alpha value is -3.53. The number of nitrogens with one attached hydrogen (secondary N) is 1. The summed E-state index contributed by atoms with van der Waals surface area (Å²) in [6.45, 7) is 1.83. The summed E-state index contributed by atoms with van der Waals surface area (Å²) in [4.78, 5) is 11.3. The van der Waals surface area contributed by atoms with E-state index in [1.807, 2.05) is 16.8 Å². The summed E-state index contributed by atoms with van der Waals surface area (Å²) in [5.74, 6) is 0.976. The van der Waals surface area contributed by atoms with E-state index in [-0.39, 0.29) is 18.5 Å². The topological polar surface area (TPSA) is 77.4 Å². The number of benzene rings is 2. The molecule has 37 heavy (non-hydrogen) atoms. The van der Waals surface area contributed by atoms with E-state index in [9.17, 15) is 4.39 Å². The molecule has 10 heteroatoms. The SMILES string of the molecule is Fc1cccc(COc2ccc(Nc3ncnc4sc5c(c34)CCc3nn(CC4CO4)cc3-5)cc2Cl)c1. The molecule has 1 aliphatic carbocycles. The molecule has 0 bridgehead atoms. The van der Waals surface area contributed by atoms with E-state index >= 15 is 0 Å². The van der Waals surface area contributed by atoms with Crippen LogP contribution in [0.25, 0.3) is 20.7 Å². The van der Waals surface area contributed by atoms with Crippen molar-refractivity contribution in [1.29, 1.82) is 0 Å². The molecule has 7 rings (SSSR count). The molecule has 0 amide bonds. The van der Waals surface area contributed by atoms with Gasteiger partial charge in [-0.25, -0.2) is 14.4 Å². The first-order valence-electron chi connectivity index (χ1n) is 12.0. The number of hydrogen-bond donors (Lipinski definition) is 1. The Bertz CT molecular complexity index is 1650. The van der Waals surface area contributed by atoms with Crippen molar-refractivity contribution in [3.8, 4) is 16.2 Å². The Labute approximate surface area is 220 Å². The Morgan fingerprint density at radius 1 is 1.19 bits per heavy atom. The van der Waals surface area contributed by atoms with Crippen molar-refractivity contribution in [2.45, 2.75) is 32.1 Å². The first kappa shape index (κ1) is 22.7. The molecule has 186 valence electrons. The van der Waals surface area contributed by atoms with Crippen LogP contribution in [0.3, 0.4) is 0 Å². The first-order chi connectivity index (χ1) is 18.1. The number of epoxide rings is 1. The molecule has 2 aliphatic rings. The van der Waals surface area contributed by atoms with Crippen LogP contribution in [0.5, 0.6) is 5.75 Å². The molecule has 3 aromatic heterocycles. The van der Waals surface area contributed by atoms with Gasteiger partial charge in [-0.3, -0.25) is 4.68 Å². The van der Waals surface area contributed by atoms with Crippen LogP contribution in [0.2, 0.25) is 5.02 Å². The Morgan fingerprint density at radius 2 is 2.11 bits per heavy atom. The largest absolute Gasteiger partial charge is 0.487 e. The number of fused-ring (bicyclic) bond motifs is 5. The van der Waals surface area contributed by atoms with Crippen molar-refractivity contribution in [2.75, 3.05) is 11.9 Å². The van der Waals surface area contributed by atoms with Gasteiger partial charge in [-0.1, -0.05) is 23.7 Å². The van der Waals surface area contributed by atoms with Gasteiger partial charge in [0, 0.05) is 22.3 Å². The summed E-state index contributed by atoms with van der Waals surface area (Å²) >= 11 is 8.19. The Morgan fingerprint density at radius 3 is 2.95 bits per heavy atom. The Balaban J connectivity index is 1.15. The van der Waals surface area contributed by atoms with Gasteiger partial charge in [-0.05, 0) is 54.3 Å². The zero-order valence-corrected chi connectivity index (χ0v) is 21.2. The lowest BCUT2D eigenvalue weighted by molar-refractivity contribution is 0.306. The van der Waals surface area contributed by atoms with E-state index in [1.54, 1.807) is 35.9 Å². The summed E-state index contributed by atoms with van der Waals surface area (Å²) in [6.07, 6.45) is 5.76. The second kappa shape index (κ2) is 9.09. The fourth-order valence-electron chi connectivity index (χ4n) is 4.72. The molecule has 1 N–H and O–H groups in total. The zero-order chi connectivity index (χ0) is 24.9. The quantitative estimate of drug-likeness (QED) is 0.252. The molecule has 1 atom stereocenters. The van der Waals surface area contributed by atoms with Gasteiger partial charge in [-0.2, -0.15) is 5.10 Å². The smallest absolute Gasteiger partial charge is 0.142 e. The summed E-state index contributed by atoms with van der Waals surface area (Å²) in [5, 5.41) is 9.71. The van der Waals surface area contributed by atoms with Gasteiger partial charge < -0.3 is 14.8 Å². The molecule has 1 fully saturated rings. The third-order valence-corrected chi connectivity index (χ3v) is 8.02. The van der Waals surface area contributed by atoms with E-state index in [1.165, 1.54) is 28.1 Å². The van der Waals surface area contributed by atoms with Crippen molar-refractivity contribution < 1.29 is 13.9 Å². The fraction of sp³-hybridized carbons (Fsp3) is 0.222. The average Bonchev–Trinajstić information content (AvgIpc) is 3.46. The minimum Gasteiger partial charge on any atom is -0.487 e. The molecular formula is C27H21ClFN5O2S. The third kappa shape index (κ3) is 4.43. The number of hydrogen-bond acceptors (Lipinski definition) is 7. The van der Waals surface area contributed by atoms with Crippen molar-refractivity contribution in [1.82, 2.24) is 19.7 Å². The lowest BCUT2D eigenvalue weighted by Crippen LogP contribution is -2.05. The lowest BCUT2D eigenvalue weighted by atomic mass is 9.95. The van der Waals surface area contributed by atoms with Crippen molar-refractivity contribution in [3.05, 3.63) is 82.6 Å². The van der Waals surface area contributed by atoms with E-state index in [0.29, 0.717) is 10.8 Å². The van der Waals surface area contributed by atoms with Crippen LogP contribution >= 0.6 is 22.9 Å². The molecule has 1 saturated heterocycles. The highest BCUT2D eigenvalue weighted by Crippen LogP contribution is 2.45. The number of thiophene rings is 1. The van der Waals surface area contributed by atoms with Crippen LogP contribution in [-0.4, -0.2) is 32.5 Å². The van der Waals surface area contributed by atoms with Gasteiger partial charge >= 0.3 is 0 Å². The second-order valence-electron chi connectivity index (χ2n) is 9.17. The summed E-state index contributed by atoms with van der Waals surface area (Å²) in [7, 11) is 0. The van der Waals surface area contributed by atoms with E-state index in [4.69, 9.17) is 26.2 Å². The van der Waals surface area contributed by atoms with Gasteiger partial charge in [0.1, 0.15) is 41.3 Å². The van der Waals surface area contributed by atoms with Gasteiger partial charge in [0.2, 0.25) is 0 Å². The molecule has 0 saturated carbocycles. The maximum Gasteiger partial charge on any atom is 0.142 e. The number of ether oxygens (including phenoxy) is 2. The normalized spacial score (nSPS) is 15.9. The molecule has 2 aromatic carbocycles. The fourth-order valence-corrected chi connectivity index (χ4v) is 6.17. The number of halogens is 2. The standard InChI is InChI=1S/C27H21ClFN5O2S/c28-21-9-17(4-7-23(21)36-12-15-2-1-3-16(29)8-15)32-26-24-19-5-6-22-20(11-34(33-22)10-18-13-35-18)25(19)37-27(24)31-14-30-26/h1-4,7-9,11,14,18H,5-6,10,12-13H2,(H,30,31,32). The zero-order valence-electron chi connectivity index (χ0n) is 19.6. The Kier molecular flexibility index (Phi) is 5.57. The van der Waals surface area contributed by atoms with Gasteiger partial charge in [0.15, 0.2) is 0 Å². The molecule has 0 radical (unpaired) electrons. The minimum atomic E-state index is -0.295. The van der Waals surface area contributed by atoms with E-state index in [0.717, 1.165) is 59.0 Å². The number of anilines is 2. The maximum absolute atomic E-state index is 13.4. The average molecular weight is 534 g/mol. The molecular weight excluding hydrogens is 513 g/mol. The molecule has 1 unspecified atom stereocenters. The van der Waals surface area contributed by atoms with Gasteiger partial charge in [0.25, 0.3) is 0 Å². The third-order valence-electron chi connectivity index (χ3n) is 6.55. The highest BCUT2D eigenvalue weighted by atomic mass is 35.5. The van der Waals surface area contributed by atoms with Crippen molar-refractivity contribution >= 4 is 44.7 Å². The number of aryl methyl sites for hydroxylation is 2.